The molecule has 0 N–H and O–H groups in total. The SMILES string of the molecule is CCn1cc(Br)c(/C=C/C(=O)c2ccc(OC)c(OC)c2)n1. The molecule has 0 unspecified atom stereocenters. The fraction of sp³-hybridized carbons (Fsp3) is 0.250. The summed E-state index contributed by atoms with van der Waals surface area (Å²) in [4.78, 5) is 12.2. The van der Waals surface area contributed by atoms with Gasteiger partial charge in [-0.2, -0.15) is 5.10 Å². The molecule has 0 radical (unpaired) electrons. The number of hydrogen-bond acceptors (Lipinski definition) is 4. The van der Waals surface area contributed by atoms with Crippen molar-refractivity contribution < 1.29 is 14.3 Å². The van der Waals surface area contributed by atoms with Gasteiger partial charge in [-0.15, -0.1) is 0 Å². The molecule has 0 saturated carbocycles. The first-order chi connectivity index (χ1) is 10.6. The molecular formula is C16H17BrN2O3. The Morgan fingerprint density at radius 3 is 2.64 bits per heavy atom. The number of carbonyl (C=O) groups is 1. The van der Waals surface area contributed by atoms with Crippen molar-refractivity contribution in [2.75, 3.05) is 14.2 Å². The topological polar surface area (TPSA) is 53.4 Å². The maximum atomic E-state index is 12.2. The molecule has 0 aliphatic heterocycles. The van der Waals surface area contributed by atoms with Crippen LogP contribution in [0.4, 0.5) is 0 Å². The zero-order valence-corrected chi connectivity index (χ0v) is 14.3. The molecule has 0 bridgehead atoms. The van der Waals surface area contributed by atoms with Crippen molar-refractivity contribution in [3.8, 4) is 11.5 Å². The van der Waals surface area contributed by atoms with E-state index in [2.05, 4.69) is 21.0 Å². The molecule has 0 amide bonds. The number of rotatable bonds is 6. The molecular weight excluding hydrogens is 348 g/mol. The van der Waals surface area contributed by atoms with E-state index >= 15 is 0 Å². The lowest BCUT2D eigenvalue weighted by Gasteiger charge is -2.07. The average Bonchev–Trinajstić information content (AvgIpc) is 2.92. The lowest BCUT2D eigenvalue weighted by molar-refractivity contribution is 0.104. The van der Waals surface area contributed by atoms with Gasteiger partial charge in [0.15, 0.2) is 17.3 Å². The van der Waals surface area contributed by atoms with E-state index in [0.29, 0.717) is 17.1 Å². The molecule has 0 fully saturated rings. The third-order valence-electron chi connectivity index (χ3n) is 3.13. The van der Waals surface area contributed by atoms with E-state index in [1.54, 1.807) is 36.1 Å². The summed E-state index contributed by atoms with van der Waals surface area (Å²) in [5.74, 6) is 0.990. The summed E-state index contributed by atoms with van der Waals surface area (Å²) in [6.07, 6.45) is 5.06. The Kier molecular flexibility index (Phi) is 5.38. The number of hydrogen-bond donors (Lipinski definition) is 0. The van der Waals surface area contributed by atoms with Crippen LogP contribution < -0.4 is 9.47 Å². The van der Waals surface area contributed by atoms with E-state index in [1.807, 2.05) is 13.1 Å². The third kappa shape index (κ3) is 3.57. The fourth-order valence-corrected chi connectivity index (χ4v) is 2.38. The van der Waals surface area contributed by atoms with Crippen LogP contribution in [0.25, 0.3) is 6.08 Å². The Bertz CT molecular complexity index is 707. The summed E-state index contributed by atoms with van der Waals surface area (Å²) in [6.45, 7) is 2.78. The predicted octanol–water partition coefficient (Wildman–Crippen LogP) is 3.58. The van der Waals surface area contributed by atoms with Gasteiger partial charge in [-0.05, 0) is 53.2 Å². The highest BCUT2D eigenvalue weighted by Crippen LogP contribution is 2.28. The molecule has 116 valence electrons. The Labute approximate surface area is 137 Å². The maximum absolute atomic E-state index is 12.2. The largest absolute Gasteiger partial charge is 0.493 e. The van der Waals surface area contributed by atoms with Crippen LogP contribution in [0.2, 0.25) is 0 Å². The molecule has 0 aliphatic rings. The smallest absolute Gasteiger partial charge is 0.186 e. The van der Waals surface area contributed by atoms with Gasteiger partial charge in [-0.25, -0.2) is 0 Å². The number of carbonyl (C=O) groups excluding carboxylic acids is 1. The number of nitrogens with zero attached hydrogens (tertiary/aromatic N) is 2. The monoisotopic (exact) mass is 364 g/mol. The number of aromatic nitrogens is 2. The van der Waals surface area contributed by atoms with Crippen LogP contribution in [0.1, 0.15) is 23.0 Å². The summed E-state index contributed by atoms with van der Waals surface area (Å²) in [7, 11) is 3.09. The molecule has 22 heavy (non-hydrogen) atoms. The minimum absolute atomic E-state index is 0.126. The lowest BCUT2D eigenvalue weighted by Crippen LogP contribution is -1.97. The van der Waals surface area contributed by atoms with Gasteiger partial charge in [0.2, 0.25) is 0 Å². The fourth-order valence-electron chi connectivity index (χ4n) is 1.93. The van der Waals surface area contributed by atoms with E-state index in [-0.39, 0.29) is 5.78 Å². The zero-order valence-electron chi connectivity index (χ0n) is 12.7. The van der Waals surface area contributed by atoms with Crippen LogP contribution in [0.3, 0.4) is 0 Å². The van der Waals surface area contributed by atoms with Crippen LogP contribution in [-0.2, 0) is 6.54 Å². The second-order valence-corrected chi connectivity index (χ2v) is 5.34. The summed E-state index contributed by atoms with van der Waals surface area (Å²) in [5, 5.41) is 4.34. The van der Waals surface area contributed by atoms with Crippen LogP contribution in [0.15, 0.2) is 34.9 Å². The summed E-state index contributed by atoms with van der Waals surface area (Å²) in [6, 6.07) is 5.07. The first-order valence-corrected chi connectivity index (χ1v) is 7.55. The first kappa shape index (κ1) is 16.3. The van der Waals surface area contributed by atoms with E-state index in [1.165, 1.54) is 13.2 Å². The molecule has 0 spiro atoms. The third-order valence-corrected chi connectivity index (χ3v) is 3.74. The summed E-state index contributed by atoms with van der Waals surface area (Å²) in [5.41, 5.74) is 1.25. The molecule has 1 aromatic heterocycles. The molecule has 2 rings (SSSR count). The summed E-state index contributed by atoms with van der Waals surface area (Å²) >= 11 is 3.42. The van der Waals surface area contributed by atoms with Crippen molar-refractivity contribution >= 4 is 27.8 Å². The normalized spacial score (nSPS) is 10.9. The Morgan fingerprint density at radius 1 is 1.32 bits per heavy atom. The Balaban J connectivity index is 2.21. The molecule has 0 saturated heterocycles. The van der Waals surface area contributed by atoms with Crippen molar-refractivity contribution in [2.45, 2.75) is 13.5 Å². The number of methoxy groups -OCH3 is 2. The lowest BCUT2D eigenvalue weighted by atomic mass is 10.1. The van der Waals surface area contributed by atoms with Crippen LogP contribution in [0, 0.1) is 0 Å². The van der Waals surface area contributed by atoms with Crippen molar-refractivity contribution in [3.63, 3.8) is 0 Å². The van der Waals surface area contributed by atoms with Crippen molar-refractivity contribution in [3.05, 3.63) is 46.2 Å². The molecule has 0 atom stereocenters. The minimum Gasteiger partial charge on any atom is -0.493 e. The highest BCUT2D eigenvalue weighted by Gasteiger charge is 2.09. The van der Waals surface area contributed by atoms with Crippen LogP contribution >= 0.6 is 15.9 Å². The quantitative estimate of drug-likeness (QED) is 0.580. The number of ketones is 1. The minimum atomic E-state index is -0.126. The van der Waals surface area contributed by atoms with Gasteiger partial charge < -0.3 is 9.47 Å². The molecule has 5 nitrogen and oxygen atoms in total. The van der Waals surface area contributed by atoms with Crippen molar-refractivity contribution in [1.82, 2.24) is 9.78 Å². The van der Waals surface area contributed by atoms with Gasteiger partial charge in [-0.1, -0.05) is 0 Å². The first-order valence-electron chi connectivity index (χ1n) is 6.76. The number of ether oxygens (including phenoxy) is 2. The van der Waals surface area contributed by atoms with Crippen molar-refractivity contribution in [1.29, 1.82) is 0 Å². The van der Waals surface area contributed by atoms with Gasteiger partial charge in [0.1, 0.15) is 0 Å². The van der Waals surface area contributed by atoms with Gasteiger partial charge >= 0.3 is 0 Å². The zero-order chi connectivity index (χ0) is 16.1. The van der Waals surface area contributed by atoms with Crippen molar-refractivity contribution in [2.24, 2.45) is 0 Å². The highest BCUT2D eigenvalue weighted by atomic mass is 79.9. The second-order valence-electron chi connectivity index (χ2n) is 4.49. The van der Waals surface area contributed by atoms with Crippen LogP contribution in [-0.4, -0.2) is 29.8 Å². The molecule has 1 aromatic carbocycles. The van der Waals surface area contributed by atoms with E-state index in [0.717, 1.165) is 16.7 Å². The number of benzene rings is 1. The molecule has 0 aliphatic carbocycles. The standard InChI is InChI=1S/C16H17BrN2O3/c1-4-19-10-12(17)13(18-19)6-7-14(20)11-5-8-15(21-2)16(9-11)22-3/h5-10H,4H2,1-3H3/b7-6+. The number of aryl methyl sites for hydroxylation is 1. The highest BCUT2D eigenvalue weighted by molar-refractivity contribution is 9.10. The summed E-state index contributed by atoms with van der Waals surface area (Å²) < 4.78 is 13.0. The predicted molar refractivity (Wildman–Crippen MR) is 88.5 cm³/mol. The second kappa shape index (κ2) is 7.26. The maximum Gasteiger partial charge on any atom is 0.186 e. The molecule has 1 heterocycles. The van der Waals surface area contributed by atoms with E-state index < -0.39 is 0 Å². The van der Waals surface area contributed by atoms with Gasteiger partial charge in [0.05, 0.1) is 24.4 Å². The molecule has 2 aromatic rings. The van der Waals surface area contributed by atoms with E-state index in [9.17, 15) is 4.79 Å². The Hall–Kier alpha value is -2.08. The van der Waals surface area contributed by atoms with E-state index in [4.69, 9.17) is 9.47 Å². The van der Waals surface area contributed by atoms with Gasteiger partial charge in [0.25, 0.3) is 0 Å². The molecule has 6 heteroatoms. The number of halogens is 1. The average molecular weight is 365 g/mol. The van der Waals surface area contributed by atoms with Gasteiger partial charge in [-0.3, -0.25) is 9.48 Å². The number of allylic oxidation sites excluding steroid dienone is 1. The van der Waals surface area contributed by atoms with Crippen LogP contribution in [0.5, 0.6) is 11.5 Å². The van der Waals surface area contributed by atoms with Gasteiger partial charge in [0, 0.05) is 18.3 Å². The Morgan fingerprint density at radius 2 is 2.05 bits per heavy atom.